The molecule has 398 valence electrons. The van der Waals surface area contributed by atoms with Crippen molar-refractivity contribution in [3.05, 3.63) is 29.8 Å². The molecule has 1 aromatic rings. The molecule has 8 bridgehead atoms. The predicted molar refractivity (Wildman–Crippen MR) is 278 cm³/mol. The molecule has 72 heavy (non-hydrogen) atoms. The van der Waals surface area contributed by atoms with Gasteiger partial charge in [0.05, 0.1) is 13.2 Å². The predicted octanol–water partition coefficient (Wildman–Crippen LogP) is 10.2. The fourth-order valence-electron chi connectivity index (χ4n) is 16.1. The maximum absolute atomic E-state index is 13.5. The molecular formula is C48H79NO15Si8. The molecule has 14 aliphatic rings. The van der Waals surface area contributed by atoms with Gasteiger partial charge in [-0.2, -0.15) is 5.06 Å². The fraction of sp³-hybridized carbons (Fsp3) is 0.854. The number of nitrogens with zero attached hydrogens (tertiary/aromatic N) is 1. The Hall–Kier alpha value is -0.135. The Kier molecular flexibility index (Phi) is 13.2. The molecule has 7 saturated heterocycles. The summed E-state index contributed by atoms with van der Waals surface area (Å²) < 4.78 is 108. The lowest BCUT2D eigenvalue weighted by atomic mass is 9.93. The van der Waals surface area contributed by atoms with E-state index >= 15 is 0 Å². The molecule has 0 amide bonds. The van der Waals surface area contributed by atoms with Crippen molar-refractivity contribution < 1.29 is 63.8 Å². The summed E-state index contributed by atoms with van der Waals surface area (Å²) >= 11 is 0. The second-order valence-electron chi connectivity index (χ2n) is 24.1. The summed E-state index contributed by atoms with van der Waals surface area (Å²) in [4.78, 5) is 19.6. The van der Waals surface area contributed by atoms with Gasteiger partial charge in [0.15, 0.2) is 0 Å². The number of rotatable bonds is 11. The van der Waals surface area contributed by atoms with E-state index in [1.54, 1.807) is 5.06 Å². The van der Waals surface area contributed by atoms with Crippen LogP contribution in [0.1, 0.15) is 198 Å². The van der Waals surface area contributed by atoms with Gasteiger partial charge in [-0.05, 0) is 102 Å². The molecule has 7 aliphatic carbocycles. The highest BCUT2D eigenvalue weighted by Crippen LogP contribution is 2.66. The van der Waals surface area contributed by atoms with Crippen LogP contribution in [0, 0.1) is 0 Å². The highest BCUT2D eigenvalue weighted by atomic mass is 28.6. The number of hydrogen-bond acceptors (Lipinski definition) is 16. The lowest BCUT2D eigenvalue weighted by Crippen LogP contribution is -2.91. The molecule has 7 heterocycles. The lowest BCUT2D eigenvalue weighted by Gasteiger charge is -2.66. The van der Waals surface area contributed by atoms with Gasteiger partial charge < -0.3 is 54.1 Å². The molecule has 16 nitrogen and oxygen atoms in total. The van der Waals surface area contributed by atoms with Crippen LogP contribution in [0.25, 0.3) is 0 Å². The molecular weight excluding hydrogens is 1060 g/mol. The fourth-order valence-corrected chi connectivity index (χ4v) is 71.7. The number of esters is 1. The van der Waals surface area contributed by atoms with Crippen molar-refractivity contribution in [2.75, 3.05) is 20.3 Å². The van der Waals surface area contributed by atoms with Gasteiger partial charge in [0.1, 0.15) is 6.04 Å². The second kappa shape index (κ2) is 19.0. The quantitative estimate of drug-likeness (QED) is 0.153. The summed E-state index contributed by atoms with van der Waals surface area (Å²) in [5, 5.41) is 2.44. The van der Waals surface area contributed by atoms with Crippen LogP contribution in [-0.2, 0) is 63.8 Å². The number of hydroxylamine groups is 2. The first-order chi connectivity index (χ1) is 35.1. The lowest BCUT2D eigenvalue weighted by molar-refractivity contribution is -0.164. The molecule has 0 spiro atoms. The van der Waals surface area contributed by atoms with Crippen molar-refractivity contribution in [1.82, 2.24) is 5.06 Å². The Morgan fingerprint density at radius 2 is 0.708 bits per heavy atom. The topological polar surface area (TPSA) is 150 Å². The van der Waals surface area contributed by atoms with Gasteiger partial charge >= 0.3 is 76.4 Å². The Labute approximate surface area is 435 Å². The minimum atomic E-state index is -4.43. The molecule has 1 aromatic carbocycles. The van der Waals surface area contributed by atoms with Crippen LogP contribution in [0.4, 0.5) is 0 Å². The first kappa shape index (κ1) is 50.1. The smallest absolute Gasteiger partial charge is 0.465 e. The Morgan fingerprint density at radius 1 is 0.444 bits per heavy atom. The van der Waals surface area contributed by atoms with Gasteiger partial charge in [0.25, 0.3) is 0 Å². The van der Waals surface area contributed by atoms with Crippen molar-refractivity contribution in [1.29, 1.82) is 0 Å². The minimum absolute atomic E-state index is 0.00613. The molecule has 0 unspecified atom stereocenters. The van der Waals surface area contributed by atoms with E-state index in [1.807, 2.05) is 14.0 Å². The standard InChI is InChI=1S/C48H79NO15Si8/c1-3-51-48(50)47-46(36-52-49(47)2)37-32-34-45(35-33-37)72-62-69(42-26-12-13-27-42)56-66(39-20-6-7-21-39)53-65(38-18-4-5-19-38)54-67(58-69,40-22-8-9-23-40)60-71(64-72,44-30-16-17-31-44)61-68(55-65,41-24-10-11-25-41)59-70(57-66,63-72)43-28-14-15-29-43/h32-35,38-44,46-47H,3-31,36H2,1-2H3/t46-,47-,65?,66?,67?,68?,69?,70?,71?,72?/m1/s1. The third-order valence-corrected chi connectivity index (χ3v) is 59.0. The van der Waals surface area contributed by atoms with Gasteiger partial charge in [0.2, 0.25) is 0 Å². The summed E-state index contributed by atoms with van der Waals surface area (Å²) in [6.45, 7) is 2.49. The third-order valence-electron chi connectivity index (χ3n) is 19.8. The zero-order chi connectivity index (χ0) is 48.4. The van der Waals surface area contributed by atoms with Crippen LogP contribution in [0.15, 0.2) is 24.3 Å². The van der Waals surface area contributed by atoms with Crippen molar-refractivity contribution in [3.63, 3.8) is 0 Å². The highest BCUT2D eigenvalue weighted by molar-refractivity contribution is 7.06. The van der Waals surface area contributed by atoms with Crippen molar-refractivity contribution >= 4 is 81.6 Å². The summed E-state index contributed by atoms with van der Waals surface area (Å²) in [7, 11) is -31.1. The number of likely N-dealkylation sites (N-methyl/N-ethyl adjacent to an activating group) is 1. The molecule has 0 aromatic heterocycles. The Balaban J connectivity index is 1.05. The van der Waals surface area contributed by atoms with Crippen molar-refractivity contribution in [2.24, 2.45) is 0 Å². The van der Waals surface area contributed by atoms with Crippen LogP contribution in [0.5, 0.6) is 0 Å². The second-order valence-corrected chi connectivity index (χ2v) is 49.8. The maximum atomic E-state index is 13.5. The van der Waals surface area contributed by atoms with Gasteiger partial charge in [-0.15, -0.1) is 0 Å². The minimum Gasteiger partial charge on any atom is -0.465 e. The van der Waals surface area contributed by atoms with E-state index in [0.29, 0.717) is 13.2 Å². The van der Waals surface area contributed by atoms with Gasteiger partial charge in [-0.3, -0.25) is 9.63 Å². The van der Waals surface area contributed by atoms with E-state index in [-0.39, 0.29) is 50.7 Å². The summed E-state index contributed by atoms with van der Waals surface area (Å²) in [6, 6.07) is 7.91. The van der Waals surface area contributed by atoms with E-state index in [9.17, 15) is 4.79 Å². The Bertz CT molecular complexity index is 1990. The van der Waals surface area contributed by atoms with E-state index in [2.05, 4.69) is 24.3 Å². The van der Waals surface area contributed by atoms with Crippen LogP contribution in [-0.4, -0.2) is 108 Å². The number of benzene rings is 1. The molecule has 15 rings (SSSR count). The molecule has 24 heteroatoms. The van der Waals surface area contributed by atoms with E-state index in [0.717, 1.165) is 191 Å². The summed E-state index contributed by atoms with van der Waals surface area (Å²) in [6.07, 6.45) is 27.8. The monoisotopic (exact) mass is 1130 g/mol. The first-order valence-corrected chi connectivity index (χ1v) is 43.4. The highest BCUT2D eigenvalue weighted by Gasteiger charge is 2.88. The normalized spacial score (nSPS) is 45.9. The molecule has 2 atom stereocenters. The summed E-state index contributed by atoms with van der Waals surface area (Å²) in [5.41, 5.74) is 0.786. The van der Waals surface area contributed by atoms with Gasteiger partial charge in [-0.25, -0.2) is 0 Å². The number of carbonyl (C=O) groups excluding carboxylic acids is 1. The first-order valence-electron chi connectivity index (χ1n) is 29.1. The zero-order valence-corrected chi connectivity index (χ0v) is 50.8. The average Bonchev–Trinajstić information content (AvgIpc) is 4.20. The third kappa shape index (κ3) is 8.05. The maximum Gasteiger partial charge on any atom is 0.515 e. The molecule has 14 fully saturated rings. The van der Waals surface area contributed by atoms with Gasteiger partial charge in [0, 0.05) is 56.9 Å². The molecule has 0 radical (unpaired) electrons. The zero-order valence-electron chi connectivity index (χ0n) is 42.8. The molecule has 7 saturated carbocycles. The van der Waals surface area contributed by atoms with Crippen LogP contribution in [0.3, 0.4) is 0 Å². The summed E-state index contributed by atoms with van der Waals surface area (Å²) in [5.74, 6) is -0.550. The van der Waals surface area contributed by atoms with E-state index in [1.165, 1.54) is 0 Å². The van der Waals surface area contributed by atoms with Crippen LogP contribution >= 0.6 is 0 Å². The SMILES string of the molecule is CCOC(=O)[C@H]1[C@@H](c2ccc([Si]34O[Si]5(C6CCCC6)O[Si]6(C7CCCC7)O[Si](C7CCCC7)(O3)O[Si]3(C7CCCC7)O[Si](C7CCCC7)(O4)O[Si](C4CCCC4)(O5)O[Si](C4CCCC4)(O6)O3)cc2)CON1C. The van der Waals surface area contributed by atoms with Crippen LogP contribution < -0.4 is 5.19 Å². The van der Waals surface area contributed by atoms with E-state index < -0.39 is 76.5 Å². The van der Waals surface area contributed by atoms with Crippen molar-refractivity contribution in [3.8, 4) is 0 Å². The Morgan fingerprint density at radius 3 is 0.972 bits per heavy atom. The molecule has 7 aliphatic heterocycles. The number of ether oxygens (including phenoxy) is 1. The van der Waals surface area contributed by atoms with Crippen LogP contribution in [0.2, 0.25) is 38.8 Å². The number of hydrogen-bond donors (Lipinski definition) is 0. The average molecular weight is 1130 g/mol. The van der Waals surface area contributed by atoms with Gasteiger partial charge in [-0.1, -0.05) is 114 Å². The molecule has 0 N–H and O–H groups in total. The van der Waals surface area contributed by atoms with Crippen molar-refractivity contribution in [2.45, 2.75) is 237 Å². The number of carbonyl (C=O) groups is 1. The van der Waals surface area contributed by atoms with E-state index in [4.69, 9.17) is 59.0 Å². The largest absolute Gasteiger partial charge is 0.515 e.